The van der Waals surface area contributed by atoms with E-state index in [9.17, 15) is 4.79 Å². The molecule has 0 unspecified atom stereocenters. The topological polar surface area (TPSA) is 44.1 Å². The van der Waals surface area contributed by atoms with Crippen molar-refractivity contribution >= 4 is 5.78 Å². The average molecular weight is 290 g/mol. The van der Waals surface area contributed by atoms with E-state index < -0.39 is 0 Å². The number of carbonyl (C=O) groups excluding carboxylic acids is 1. The molecule has 3 heteroatoms. The fourth-order valence-electron chi connectivity index (χ4n) is 2.95. The van der Waals surface area contributed by atoms with Gasteiger partial charge >= 0.3 is 0 Å². The van der Waals surface area contributed by atoms with Crippen molar-refractivity contribution in [3.05, 3.63) is 70.8 Å². The highest BCUT2D eigenvalue weighted by atomic mass is 16.1. The lowest BCUT2D eigenvalue weighted by molar-refractivity contribution is 0.103. The maximum Gasteiger partial charge on any atom is 0.193 e. The predicted molar refractivity (Wildman–Crippen MR) is 85.5 cm³/mol. The van der Waals surface area contributed by atoms with Crippen LogP contribution in [0.3, 0.4) is 0 Å². The quantitative estimate of drug-likeness (QED) is 0.811. The number of likely N-dealkylation sites (tertiary alicyclic amines) is 1. The summed E-state index contributed by atoms with van der Waals surface area (Å²) in [4.78, 5) is 15.2. The molecule has 1 saturated heterocycles. The van der Waals surface area contributed by atoms with Gasteiger partial charge in [0.15, 0.2) is 5.78 Å². The number of nitrogens with zero attached hydrogens (tertiary/aromatic N) is 2. The van der Waals surface area contributed by atoms with E-state index in [4.69, 9.17) is 5.26 Å². The van der Waals surface area contributed by atoms with E-state index in [0.717, 1.165) is 30.8 Å². The molecular weight excluding hydrogens is 272 g/mol. The first-order valence-corrected chi connectivity index (χ1v) is 7.63. The summed E-state index contributed by atoms with van der Waals surface area (Å²) >= 11 is 0. The Morgan fingerprint density at radius 1 is 1.09 bits per heavy atom. The van der Waals surface area contributed by atoms with Crippen LogP contribution in [-0.4, -0.2) is 23.8 Å². The van der Waals surface area contributed by atoms with Crippen LogP contribution in [0.2, 0.25) is 0 Å². The molecule has 2 aromatic rings. The van der Waals surface area contributed by atoms with Gasteiger partial charge in [0.25, 0.3) is 0 Å². The molecule has 0 spiro atoms. The van der Waals surface area contributed by atoms with E-state index in [-0.39, 0.29) is 5.78 Å². The molecular formula is C19H18N2O. The first kappa shape index (κ1) is 14.5. The summed E-state index contributed by atoms with van der Waals surface area (Å²) in [5, 5.41) is 8.99. The fourth-order valence-corrected chi connectivity index (χ4v) is 2.95. The first-order chi connectivity index (χ1) is 10.8. The Morgan fingerprint density at radius 2 is 1.86 bits per heavy atom. The van der Waals surface area contributed by atoms with Crippen molar-refractivity contribution in [1.29, 1.82) is 5.26 Å². The Balaban J connectivity index is 1.90. The van der Waals surface area contributed by atoms with E-state index in [0.29, 0.717) is 11.1 Å². The van der Waals surface area contributed by atoms with Crippen LogP contribution in [-0.2, 0) is 6.54 Å². The molecule has 3 nitrogen and oxygen atoms in total. The van der Waals surface area contributed by atoms with Crippen molar-refractivity contribution in [3.8, 4) is 6.07 Å². The molecule has 0 bridgehead atoms. The molecule has 0 aromatic heterocycles. The number of hydrogen-bond donors (Lipinski definition) is 0. The maximum absolute atomic E-state index is 12.8. The lowest BCUT2D eigenvalue weighted by atomic mass is 9.97. The zero-order valence-corrected chi connectivity index (χ0v) is 12.5. The molecule has 0 radical (unpaired) electrons. The molecule has 0 amide bonds. The largest absolute Gasteiger partial charge is 0.299 e. The number of benzene rings is 2. The minimum atomic E-state index is -0.00750. The van der Waals surface area contributed by atoms with Crippen LogP contribution in [0, 0.1) is 11.3 Å². The number of hydrogen-bond acceptors (Lipinski definition) is 3. The third-order valence-electron chi connectivity index (χ3n) is 4.11. The third kappa shape index (κ3) is 3.08. The predicted octanol–water partition coefficient (Wildman–Crippen LogP) is 3.39. The van der Waals surface area contributed by atoms with Gasteiger partial charge in [0.1, 0.15) is 0 Å². The van der Waals surface area contributed by atoms with Gasteiger partial charge in [-0.05, 0) is 43.6 Å². The standard InChI is InChI=1S/C19H18N2O/c20-13-15-6-5-8-16(12-15)19(22)18-9-2-1-7-17(18)14-21-10-3-4-11-21/h1-2,5-9,12H,3-4,10-11,14H2. The van der Waals surface area contributed by atoms with Gasteiger partial charge < -0.3 is 0 Å². The zero-order valence-electron chi connectivity index (χ0n) is 12.5. The minimum Gasteiger partial charge on any atom is -0.299 e. The smallest absolute Gasteiger partial charge is 0.193 e. The highest BCUT2D eigenvalue weighted by molar-refractivity contribution is 6.10. The molecule has 110 valence electrons. The molecule has 0 saturated carbocycles. The Bertz CT molecular complexity index is 724. The summed E-state index contributed by atoms with van der Waals surface area (Å²) in [5.74, 6) is -0.00750. The molecule has 1 aliphatic rings. The van der Waals surface area contributed by atoms with Crippen molar-refractivity contribution in [1.82, 2.24) is 4.90 Å². The highest BCUT2D eigenvalue weighted by Crippen LogP contribution is 2.19. The van der Waals surface area contributed by atoms with Crippen molar-refractivity contribution in [2.75, 3.05) is 13.1 Å². The number of ketones is 1. The van der Waals surface area contributed by atoms with Crippen LogP contribution in [0.5, 0.6) is 0 Å². The van der Waals surface area contributed by atoms with E-state index in [1.807, 2.05) is 24.3 Å². The van der Waals surface area contributed by atoms with Gasteiger partial charge in [-0.25, -0.2) is 0 Å². The minimum absolute atomic E-state index is 0.00750. The van der Waals surface area contributed by atoms with Gasteiger partial charge in [-0.1, -0.05) is 36.4 Å². The Kier molecular flexibility index (Phi) is 4.32. The Labute approximate surface area is 130 Å². The molecule has 22 heavy (non-hydrogen) atoms. The molecule has 0 aliphatic carbocycles. The van der Waals surface area contributed by atoms with Gasteiger partial charge in [0.05, 0.1) is 11.6 Å². The fraction of sp³-hybridized carbons (Fsp3) is 0.263. The van der Waals surface area contributed by atoms with Gasteiger partial charge in [-0.2, -0.15) is 5.26 Å². The first-order valence-electron chi connectivity index (χ1n) is 7.63. The van der Waals surface area contributed by atoms with Crippen molar-refractivity contribution in [2.45, 2.75) is 19.4 Å². The molecule has 0 atom stereocenters. The Morgan fingerprint density at radius 3 is 2.64 bits per heavy atom. The molecule has 1 aliphatic heterocycles. The lowest BCUT2D eigenvalue weighted by Gasteiger charge is -2.17. The number of carbonyl (C=O) groups is 1. The second-order valence-corrected chi connectivity index (χ2v) is 5.66. The van der Waals surface area contributed by atoms with Crippen LogP contribution >= 0.6 is 0 Å². The van der Waals surface area contributed by atoms with Crippen LogP contribution in [0.1, 0.15) is 39.9 Å². The number of rotatable bonds is 4. The molecule has 1 fully saturated rings. The third-order valence-corrected chi connectivity index (χ3v) is 4.11. The summed E-state index contributed by atoms with van der Waals surface area (Å²) in [5.41, 5.74) is 2.90. The van der Waals surface area contributed by atoms with Crippen molar-refractivity contribution < 1.29 is 4.79 Å². The summed E-state index contributed by atoms with van der Waals surface area (Å²) in [7, 11) is 0. The zero-order chi connectivity index (χ0) is 15.4. The van der Waals surface area contributed by atoms with Crippen LogP contribution in [0.4, 0.5) is 0 Å². The average Bonchev–Trinajstić information content (AvgIpc) is 3.08. The SMILES string of the molecule is N#Cc1cccc(C(=O)c2ccccc2CN2CCCC2)c1. The van der Waals surface area contributed by atoms with E-state index >= 15 is 0 Å². The monoisotopic (exact) mass is 290 g/mol. The van der Waals surface area contributed by atoms with E-state index in [2.05, 4.69) is 11.0 Å². The van der Waals surface area contributed by atoms with Gasteiger partial charge in [-0.15, -0.1) is 0 Å². The molecule has 0 N–H and O–H groups in total. The maximum atomic E-state index is 12.8. The van der Waals surface area contributed by atoms with Crippen LogP contribution in [0.15, 0.2) is 48.5 Å². The van der Waals surface area contributed by atoms with E-state index in [1.165, 1.54) is 12.8 Å². The van der Waals surface area contributed by atoms with Crippen LogP contribution in [0.25, 0.3) is 0 Å². The molecule has 3 rings (SSSR count). The molecule has 1 heterocycles. The summed E-state index contributed by atoms with van der Waals surface area (Å²) in [6, 6.07) is 16.8. The van der Waals surface area contributed by atoms with E-state index in [1.54, 1.807) is 24.3 Å². The normalized spacial score (nSPS) is 14.7. The van der Waals surface area contributed by atoms with Crippen molar-refractivity contribution in [3.63, 3.8) is 0 Å². The Hall–Kier alpha value is -2.44. The molecule has 2 aromatic carbocycles. The second-order valence-electron chi connectivity index (χ2n) is 5.66. The van der Waals surface area contributed by atoms with Crippen molar-refractivity contribution in [2.24, 2.45) is 0 Å². The lowest BCUT2D eigenvalue weighted by Crippen LogP contribution is -2.20. The van der Waals surface area contributed by atoms with Crippen LogP contribution < -0.4 is 0 Å². The summed E-state index contributed by atoms with van der Waals surface area (Å²) in [6.45, 7) is 3.03. The van der Waals surface area contributed by atoms with Gasteiger partial charge in [0.2, 0.25) is 0 Å². The highest BCUT2D eigenvalue weighted by Gasteiger charge is 2.17. The van der Waals surface area contributed by atoms with Gasteiger partial charge in [0, 0.05) is 17.7 Å². The summed E-state index contributed by atoms with van der Waals surface area (Å²) in [6.07, 6.45) is 2.47. The number of nitriles is 1. The summed E-state index contributed by atoms with van der Waals surface area (Å²) < 4.78 is 0. The van der Waals surface area contributed by atoms with Gasteiger partial charge in [-0.3, -0.25) is 9.69 Å². The second kappa shape index (κ2) is 6.55.